The summed E-state index contributed by atoms with van der Waals surface area (Å²) >= 11 is 0. The monoisotopic (exact) mass is 342 g/mol. The Morgan fingerprint density at radius 3 is 2.60 bits per heavy atom. The van der Waals surface area contributed by atoms with Crippen molar-refractivity contribution < 1.29 is 28.2 Å². The van der Waals surface area contributed by atoms with Crippen LogP contribution >= 0.6 is 0 Å². The highest BCUT2D eigenvalue weighted by Gasteiger charge is 2.18. The van der Waals surface area contributed by atoms with Crippen LogP contribution in [-0.2, 0) is 9.53 Å². The van der Waals surface area contributed by atoms with Crippen molar-refractivity contribution in [3.63, 3.8) is 0 Å². The maximum Gasteiger partial charge on any atom is 0.331 e. The minimum absolute atomic E-state index is 0.174. The molecular weight excluding hydrogens is 327 g/mol. The Balaban J connectivity index is 1.59. The molecule has 5 nitrogen and oxygen atoms in total. The second kappa shape index (κ2) is 7.17. The van der Waals surface area contributed by atoms with E-state index in [1.54, 1.807) is 24.3 Å². The van der Waals surface area contributed by atoms with Gasteiger partial charge in [0, 0.05) is 11.6 Å². The average molecular weight is 342 g/mol. The van der Waals surface area contributed by atoms with Gasteiger partial charge in [0.2, 0.25) is 12.6 Å². The van der Waals surface area contributed by atoms with Crippen molar-refractivity contribution in [2.24, 2.45) is 0 Å². The highest BCUT2D eigenvalue weighted by Crippen LogP contribution is 2.32. The third kappa shape index (κ3) is 4.03. The zero-order chi connectivity index (χ0) is 17.8. The predicted molar refractivity (Wildman–Crippen MR) is 87.9 cm³/mol. The van der Waals surface area contributed by atoms with Gasteiger partial charge in [0.25, 0.3) is 0 Å². The Morgan fingerprint density at radius 1 is 1.12 bits per heavy atom. The molecule has 0 aliphatic carbocycles. The molecule has 1 unspecified atom stereocenters. The van der Waals surface area contributed by atoms with E-state index in [9.17, 15) is 14.0 Å². The molecule has 0 saturated heterocycles. The normalized spacial score (nSPS) is 13.7. The Labute approximate surface area is 143 Å². The molecule has 2 aromatic rings. The molecule has 0 aromatic heterocycles. The number of carbonyl (C=O) groups is 2. The third-order valence-corrected chi connectivity index (χ3v) is 3.60. The number of carbonyl (C=O) groups excluding carboxylic acids is 2. The van der Waals surface area contributed by atoms with Crippen LogP contribution in [-0.4, -0.2) is 24.6 Å². The smallest absolute Gasteiger partial charge is 0.331 e. The summed E-state index contributed by atoms with van der Waals surface area (Å²) in [7, 11) is 0. The summed E-state index contributed by atoms with van der Waals surface area (Å²) in [6, 6.07) is 10.3. The number of hydrogen-bond donors (Lipinski definition) is 0. The first-order chi connectivity index (χ1) is 12.0. The van der Waals surface area contributed by atoms with Gasteiger partial charge in [-0.2, -0.15) is 0 Å². The molecule has 25 heavy (non-hydrogen) atoms. The molecule has 1 heterocycles. The lowest BCUT2D eigenvalue weighted by molar-refractivity contribution is -0.140. The lowest BCUT2D eigenvalue weighted by atomic mass is 10.1. The third-order valence-electron chi connectivity index (χ3n) is 3.60. The number of ketones is 1. The molecule has 1 atom stereocenters. The second-order valence-corrected chi connectivity index (χ2v) is 5.40. The number of ether oxygens (including phenoxy) is 3. The van der Waals surface area contributed by atoms with Crippen molar-refractivity contribution in [2.75, 3.05) is 6.79 Å². The zero-order valence-corrected chi connectivity index (χ0v) is 13.4. The molecule has 0 N–H and O–H groups in total. The molecule has 0 saturated carbocycles. The fourth-order valence-corrected chi connectivity index (χ4v) is 2.30. The van der Waals surface area contributed by atoms with Crippen LogP contribution in [0.25, 0.3) is 6.08 Å². The molecular formula is C19H15FO5. The van der Waals surface area contributed by atoms with E-state index in [1.807, 2.05) is 0 Å². The molecule has 6 heteroatoms. The number of fused-ring (bicyclic) bond motifs is 1. The van der Waals surface area contributed by atoms with Gasteiger partial charge in [-0.1, -0.05) is 6.07 Å². The molecule has 0 radical (unpaired) electrons. The van der Waals surface area contributed by atoms with E-state index in [1.165, 1.54) is 37.3 Å². The summed E-state index contributed by atoms with van der Waals surface area (Å²) in [4.78, 5) is 24.0. The Morgan fingerprint density at radius 2 is 1.84 bits per heavy atom. The number of halogens is 1. The van der Waals surface area contributed by atoms with Crippen molar-refractivity contribution in [1.29, 1.82) is 0 Å². The molecule has 0 amide bonds. The largest absolute Gasteiger partial charge is 0.454 e. The first-order valence-electron chi connectivity index (χ1n) is 7.61. The van der Waals surface area contributed by atoms with E-state index < -0.39 is 23.7 Å². The summed E-state index contributed by atoms with van der Waals surface area (Å²) < 4.78 is 28.4. The van der Waals surface area contributed by atoms with E-state index in [0.29, 0.717) is 11.5 Å². The van der Waals surface area contributed by atoms with Gasteiger partial charge in [0.05, 0.1) is 0 Å². The highest BCUT2D eigenvalue weighted by molar-refractivity contribution is 6.01. The first kappa shape index (κ1) is 16.7. The van der Waals surface area contributed by atoms with Crippen LogP contribution in [0.15, 0.2) is 48.5 Å². The van der Waals surface area contributed by atoms with Crippen LogP contribution in [0.1, 0.15) is 22.8 Å². The SMILES string of the molecule is CC(OC(=O)/C=C/c1ccc2c(c1)OCO2)C(=O)c1ccc(F)cc1. The van der Waals surface area contributed by atoms with E-state index in [2.05, 4.69) is 0 Å². The zero-order valence-electron chi connectivity index (χ0n) is 13.4. The van der Waals surface area contributed by atoms with Crippen molar-refractivity contribution in [2.45, 2.75) is 13.0 Å². The van der Waals surface area contributed by atoms with Crippen LogP contribution in [0.4, 0.5) is 4.39 Å². The summed E-state index contributed by atoms with van der Waals surface area (Å²) in [6.45, 7) is 1.64. The lowest BCUT2D eigenvalue weighted by Gasteiger charge is -2.10. The fourth-order valence-electron chi connectivity index (χ4n) is 2.30. The maximum absolute atomic E-state index is 12.9. The number of benzene rings is 2. The molecule has 0 spiro atoms. The van der Waals surface area contributed by atoms with Gasteiger partial charge in [-0.3, -0.25) is 4.79 Å². The summed E-state index contributed by atoms with van der Waals surface area (Å²) in [6.07, 6.45) is 1.81. The van der Waals surface area contributed by atoms with Crippen LogP contribution in [0.2, 0.25) is 0 Å². The Kier molecular flexibility index (Phi) is 4.79. The second-order valence-electron chi connectivity index (χ2n) is 5.40. The van der Waals surface area contributed by atoms with Crippen molar-refractivity contribution in [3.8, 4) is 11.5 Å². The van der Waals surface area contributed by atoms with Crippen LogP contribution in [0.5, 0.6) is 11.5 Å². The van der Waals surface area contributed by atoms with Gasteiger partial charge < -0.3 is 14.2 Å². The minimum Gasteiger partial charge on any atom is -0.454 e. The van der Waals surface area contributed by atoms with Crippen molar-refractivity contribution in [1.82, 2.24) is 0 Å². The highest BCUT2D eigenvalue weighted by atomic mass is 19.1. The number of rotatable bonds is 5. The minimum atomic E-state index is -0.973. The van der Waals surface area contributed by atoms with E-state index in [-0.39, 0.29) is 12.4 Å². The maximum atomic E-state index is 12.9. The van der Waals surface area contributed by atoms with Crippen LogP contribution in [0.3, 0.4) is 0 Å². The van der Waals surface area contributed by atoms with Crippen molar-refractivity contribution in [3.05, 3.63) is 65.5 Å². The molecule has 128 valence electrons. The molecule has 1 aliphatic rings. The quantitative estimate of drug-likeness (QED) is 0.474. The van der Waals surface area contributed by atoms with Gasteiger partial charge in [0.15, 0.2) is 17.6 Å². The average Bonchev–Trinajstić information content (AvgIpc) is 3.07. The Bertz CT molecular complexity index is 826. The van der Waals surface area contributed by atoms with Gasteiger partial charge in [-0.25, -0.2) is 9.18 Å². The van der Waals surface area contributed by atoms with E-state index in [0.717, 1.165) is 5.56 Å². The number of hydrogen-bond acceptors (Lipinski definition) is 5. The van der Waals surface area contributed by atoms with Crippen LogP contribution < -0.4 is 9.47 Å². The number of Topliss-reactive ketones (excluding diaryl/α,β-unsaturated/α-hetero) is 1. The molecule has 1 aliphatic heterocycles. The predicted octanol–water partition coefficient (Wildman–Crippen LogP) is 3.38. The lowest BCUT2D eigenvalue weighted by Crippen LogP contribution is -2.23. The van der Waals surface area contributed by atoms with E-state index in [4.69, 9.17) is 14.2 Å². The fraction of sp³-hybridized carbons (Fsp3) is 0.158. The van der Waals surface area contributed by atoms with Gasteiger partial charge in [-0.05, 0) is 55.0 Å². The number of esters is 1. The van der Waals surface area contributed by atoms with Crippen LogP contribution in [0, 0.1) is 5.82 Å². The first-order valence-corrected chi connectivity index (χ1v) is 7.61. The molecule has 0 fully saturated rings. The summed E-state index contributed by atoms with van der Waals surface area (Å²) in [5.41, 5.74) is 1.01. The van der Waals surface area contributed by atoms with Gasteiger partial charge in [0.1, 0.15) is 5.82 Å². The van der Waals surface area contributed by atoms with Crippen molar-refractivity contribution >= 4 is 17.8 Å². The Hall–Kier alpha value is -3.15. The summed E-state index contributed by atoms with van der Waals surface area (Å²) in [5.74, 6) is -0.230. The topological polar surface area (TPSA) is 61.8 Å². The molecule has 2 aromatic carbocycles. The molecule has 3 rings (SSSR count). The van der Waals surface area contributed by atoms with Gasteiger partial charge >= 0.3 is 5.97 Å². The standard InChI is InChI=1S/C19H15FO5/c1-12(19(22)14-4-6-15(20)7-5-14)25-18(21)9-3-13-2-8-16-17(10-13)24-11-23-16/h2-10,12H,11H2,1H3/b9-3+. The molecule has 0 bridgehead atoms. The van der Waals surface area contributed by atoms with E-state index >= 15 is 0 Å². The van der Waals surface area contributed by atoms with Gasteiger partial charge in [-0.15, -0.1) is 0 Å². The summed E-state index contributed by atoms with van der Waals surface area (Å²) in [5, 5.41) is 0.